The number of aromatic nitrogens is 2. The predicted octanol–water partition coefficient (Wildman–Crippen LogP) is 2.42. The number of benzene rings is 1. The number of carbonyl (C=O) groups is 1. The monoisotopic (exact) mass is 247 g/mol. The van der Waals surface area contributed by atoms with Gasteiger partial charge < -0.3 is 5.73 Å². The maximum Gasteiger partial charge on any atom is 0.214 e. The van der Waals surface area contributed by atoms with Crippen LogP contribution >= 0.6 is 0 Å². The van der Waals surface area contributed by atoms with Crippen molar-refractivity contribution in [1.29, 1.82) is 0 Å². The zero-order valence-electron chi connectivity index (χ0n) is 9.92. The van der Waals surface area contributed by atoms with Crippen molar-refractivity contribution in [3.8, 4) is 11.3 Å². The maximum absolute atomic E-state index is 12.5. The second-order valence-electron chi connectivity index (χ2n) is 4.52. The minimum absolute atomic E-state index is 0.126. The lowest BCUT2D eigenvalue weighted by Crippen LogP contribution is -2.14. The van der Waals surface area contributed by atoms with Crippen molar-refractivity contribution in [3.63, 3.8) is 0 Å². The van der Waals surface area contributed by atoms with Crippen molar-refractivity contribution in [1.82, 2.24) is 9.97 Å². The van der Waals surface area contributed by atoms with Crippen LogP contribution in [0.2, 0.25) is 0 Å². The molecule has 0 radical (unpaired) electrons. The SMILES string of the molecule is Nc1cccc2c1C(=O)c1nccc3ccnc-2c13. The molecule has 2 heterocycles. The van der Waals surface area contributed by atoms with Gasteiger partial charge >= 0.3 is 0 Å². The molecule has 0 fully saturated rings. The second kappa shape index (κ2) is 3.38. The molecule has 0 unspecified atom stereocenters. The van der Waals surface area contributed by atoms with Gasteiger partial charge in [0.1, 0.15) is 5.69 Å². The van der Waals surface area contributed by atoms with Gasteiger partial charge in [-0.15, -0.1) is 0 Å². The average Bonchev–Trinajstić information content (AvgIpc) is 2.44. The first-order valence-electron chi connectivity index (χ1n) is 5.94. The van der Waals surface area contributed by atoms with E-state index in [0.29, 0.717) is 16.9 Å². The first-order chi connectivity index (χ1) is 9.27. The van der Waals surface area contributed by atoms with Crippen molar-refractivity contribution in [2.75, 3.05) is 5.73 Å². The van der Waals surface area contributed by atoms with Crippen LogP contribution in [0, 0.1) is 0 Å². The normalized spacial score (nSPS) is 12.5. The molecular formula is C15H9N3O. The highest BCUT2D eigenvalue weighted by atomic mass is 16.1. The number of nitrogens with two attached hydrogens (primary N) is 1. The Morgan fingerprint density at radius 3 is 2.47 bits per heavy atom. The van der Waals surface area contributed by atoms with Gasteiger partial charge in [-0.3, -0.25) is 14.8 Å². The zero-order valence-corrected chi connectivity index (χ0v) is 9.92. The largest absolute Gasteiger partial charge is 0.398 e. The number of carbonyl (C=O) groups excluding carboxylic acids is 1. The standard InChI is InChI=1S/C15H9N3O/c16-10-3-1-2-9-12(10)15(19)14-11-8(5-7-18-14)4-6-17-13(9)11/h1-7H,16H2. The summed E-state index contributed by atoms with van der Waals surface area (Å²) in [7, 11) is 0. The summed E-state index contributed by atoms with van der Waals surface area (Å²) in [5.41, 5.74) is 8.92. The van der Waals surface area contributed by atoms with E-state index in [9.17, 15) is 4.79 Å². The molecule has 1 aliphatic rings. The molecule has 90 valence electrons. The van der Waals surface area contributed by atoms with Gasteiger partial charge in [0, 0.05) is 29.0 Å². The van der Waals surface area contributed by atoms with E-state index < -0.39 is 0 Å². The molecule has 1 aliphatic carbocycles. The summed E-state index contributed by atoms with van der Waals surface area (Å²) in [5.74, 6) is -0.126. The summed E-state index contributed by atoms with van der Waals surface area (Å²) < 4.78 is 0. The van der Waals surface area contributed by atoms with E-state index in [4.69, 9.17) is 5.73 Å². The Kier molecular flexibility index (Phi) is 1.82. The number of ketones is 1. The van der Waals surface area contributed by atoms with Crippen LogP contribution in [-0.2, 0) is 0 Å². The molecule has 4 heteroatoms. The fourth-order valence-electron chi connectivity index (χ4n) is 2.64. The number of nitrogen functional groups attached to an aromatic ring is 1. The van der Waals surface area contributed by atoms with Crippen LogP contribution in [0.5, 0.6) is 0 Å². The lowest BCUT2D eigenvalue weighted by Gasteiger charge is -2.18. The van der Waals surface area contributed by atoms with Crippen LogP contribution in [0.3, 0.4) is 0 Å². The molecule has 3 aromatic rings. The van der Waals surface area contributed by atoms with Gasteiger partial charge in [-0.2, -0.15) is 0 Å². The van der Waals surface area contributed by atoms with E-state index in [1.54, 1.807) is 18.5 Å². The van der Waals surface area contributed by atoms with E-state index in [-0.39, 0.29) is 5.78 Å². The van der Waals surface area contributed by atoms with E-state index in [1.165, 1.54) is 0 Å². The van der Waals surface area contributed by atoms with Crippen molar-refractivity contribution in [2.24, 2.45) is 0 Å². The number of nitrogens with zero attached hydrogens (tertiary/aromatic N) is 2. The highest BCUT2D eigenvalue weighted by Crippen LogP contribution is 2.38. The Labute approximate surface area is 108 Å². The smallest absolute Gasteiger partial charge is 0.214 e. The molecule has 0 atom stereocenters. The van der Waals surface area contributed by atoms with E-state index in [0.717, 1.165) is 22.0 Å². The lowest BCUT2D eigenvalue weighted by molar-refractivity contribution is 0.103. The van der Waals surface area contributed by atoms with E-state index in [2.05, 4.69) is 9.97 Å². The molecule has 0 spiro atoms. The third kappa shape index (κ3) is 1.20. The Bertz CT molecular complexity index is 850. The number of rotatable bonds is 0. The molecule has 2 aromatic heterocycles. The molecule has 4 nitrogen and oxygen atoms in total. The van der Waals surface area contributed by atoms with Gasteiger partial charge in [0.25, 0.3) is 0 Å². The summed E-state index contributed by atoms with van der Waals surface area (Å²) in [6, 6.07) is 9.21. The minimum Gasteiger partial charge on any atom is -0.398 e. The van der Waals surface area contributed by atoms with Gasteiger partial charge in [0.05, 0.1) is 11.3 Å². The summed E-state index contributed by atoms with van der Waals surface area (Å²) in [4.78, 5) is 21.2. The van der Waals surface area contributed by atoms with Crippen molar-refractivity contribution in [3.05, 3.63) is 54.0 Å². The van der Waals surface area contributed by atoms with Crippen molar-refractivity contribution in [2.45, 2.75) is 0 Å². The van der Waals surface area contributed by atoms with E-state index >= 15 is 0 Å². The molecule has 0 bridgehead atoms. The predicted molar refractivity (Wildman–Crippen MR) is 72.8 cm³/mol. The fourth-order valence-corrected chi connectivity index (χ4v) is 2.64. The van der Waals surface area contributed by atoms with Crippen LogP contribution in [0.25, 0.3) is 22.0 Å². The Hall–Kier alpha value is -2.75. The lowest BCUT2D eigenvalue weighted by atomic mass is 9.88. The molecular weight excluding hydrogens is 238 g/mol. The Morgan fingerprint density at radius 2 is 1.68 bits per heavy atom. The molecule has 0 amide bonds. The van der Waals surface area contributed by atoms with Gasteiger partial charge in [0.15, 0.2) is 0 Å². The van der Waals surface area contributed by atoms with Gasteiger partial charge in [-0.25, -0.2) is 0 Å². The summed E-state index contributed by atoms with van der Waals surface area (Å²) >= 11 is 0. The first-order valence-corrected chi connectivity index (χ1v) is 5.94. The summed E-state index contributed by atoms with van der Waals surface area (Å²) in [5, 5.41) is 1.78. The quantitative estimate of drug-likeness (QED) is 0.484. The number of hydrogen-bond donors (Lipinski definition) is 1. The van der Waals surface area contributed by atoms with Gasteiger partial charge in [0.2, 0.25) is 5.78 Å². The topological polar surface area (TPSA) is 68.9 Å². The molecule has 4 rings (SSSR count). The summed E-state index contributed by atoms with van der Waals surface area (Å²) in [6.45, 7) is 0. The zero-order chi connectivity index (χ0) is 13.0. The number of pyridine rings is 2. The van der Waals surface area contributed by atoms with Crippen LogP contribution in [0.4, 0.5) is 5.69 Å². The second-order valence-corrected chi connectivity index (χ2v) is 4.52. The molecule has 0 saturated carbocycles. The first kappa shape index (κ1) is 10.2. The van der Waals surface area contributed by atoms with Crippen LogP contribution < -0.4 is 5.73 Å². The van der Waals surface area contributed by atoms with Gasteiger partial charge in [-0.05, 0) is 23.6 Å². The van der Waals surface area contributed by atoms with Crippen LogP contribution in [0.1, 0.15) is 16.1 Å². The third-order valence-corrected chi connectivity index (χ3v) is 3.47. The van der Waals surface area contributed by atoms with Crippen LogP contribution in [-0.4, -0.2) is 15.8 Å². The third-order valence-electron chi connectivity index (χ3n) is 3.47. The number of hydrogen-bond acceptors (Lipinski definition) is 4. The van der Waals surface area contributed by atoms with E-state index in [1.807, 2.05) is 24.3 Å². The average molecular weight is 247 g/mol. The molecule has 0 saturated heterocycles. The molecule has 0 aliphatic heterocycles. The molecule has 1 aromatic carbocycles. The number of fused-ring (bicyclic) bond motifs is 2. The molecule has 19 heavy (non-hydrogen) atoms. The van der Waals surface area contributed by atoms with Crippen molar-refractivity contribution >= 4 is 22.2 Å². The Morgan fingerprint density at radius 1 is 0.947 bits per heavy atom. The van der Waals surface area contributed by atoms with Gasteiger partial charge in [-0.1, -0.05) is 12.1 Å². The summed E-state index contributed by atoms with van der Waals surface area (Å²) in [6.07, 6.45) is 3.38. The highest BCUT2D eigenvalue weighted by molar-refractivity contribution is 6.25. The number of anilines is 1. The fraction of sp³-hybridized carbons (Fsp3) is 0. The maximum atomic E-state index is 12.5. The van der Waals surface area contributed by atoms with Crippen molar-refractivity contribution < 1.29 is 4.79 Å². The Balaban J connectivity index is 2.28. The molecule has 2 N–H and O–H groups in total. The minimum atomic E-state index is -0.126. The highest BCUT2D eigenvalue weighted by Gasteiger charge is 2.28. The van der Waals surface area contributed by atoms with Crippen LogP contribution in [0.15, 0.2) is 42.7 Å².